The fourth-order valence-corrected chi connectivity index (χ4v) is 3.16. The van der Waals surface area contributed by atoms with Gasteiger partial charge in [0.1, 0.15) is 5.52 Å². The second-order valence-corrected chi connectivity index (χ2v) is 7.03. The molecule has 0 amide bonds. The highest BCUT2D eigenvalue weighted by Crippen LogP contribution is 2.28. The number of rotatable bonds is 5. The van der Waals surface area contributed by atoms with Crippen LogP contribution >= 0.6 is 12.4 Å². The Hall–Kier alpha value is -2.25. The van der Waals surface area contributed by atoms with Crippen LogP contribution in [0, 0.1) is 0 Å². The molecule has 0 atom stereocenters. The third-order valence-corrected chi connectivity index (χ3v) is 4.97. The summed E-state index contributed by atoms with van der Waals surface area (Å²) in [4.78, 5) is 9.58. The summed E-state index contributed by atoms with van der Waals surface area (Å²) in [6.45, 7) is 2.10. The fraction of sp³-hybridized carbons (Fsp3) is 0.300. The highest BCUT2D eigenvalue weighted by Gasteiger charge is 2.21. The summed E-state index contributed by atoms with van der Waals surface area (Å²) in [6, 6.07) is 14.1. The summed E-state index contributed by atoms with van der Waals surface area (Å²) in [7, 11) is 2.00. The lowest BCUT2D eigenvalue weighted by atomic mass is 10.0. The molecule has 0 saturated carbocycles. The zero-order valence-corrected chi connectivity index (χ0v) is 16.1. The molecule has 0 aliphatic carbocycles. The highest BCUT2D eigenvalue weighted by atomic mass is 35.5. The molecule has 0 radical (unpaired) electrons. The third-order valence-electron chi connectivity index (χ3n) is 4.97. The number of halogens is 1. The number of benzene rings is 2. The van der Waals surface area contributed by atoms with Crippen LogP contribution in [0.1, 0.15) is 12.5 Å². The molecule has 142 valence electrons. The van der Waals surface area contributed by atoms with E-state index in [-0.39, 0.29) is 25.6 Å². The van der Waals surface area contributed by atoms with Crippen LogP contribution in [0.5, 0.6) is 0 Å². The molecule has 2 aromatic heterocycles. The monoisotopic (exact) mass is 386 g/mol. The second kappa shape index (κ2) is 7.40. The van der Waals surface area contributed by atoms with Crippen molar-refractivity contribution in [2.75, 3.05) is 13.2 Å². The summed E-state index contributed by atoms with van der Waals surface area (Å²) in [5.41, 5.74) is 4.96. The Morgan fingerprint density at radius 1 is 1.04 bits per heavy atom. The molecule has 0 bridgehead atoms. The molecule has 3 N–H and O–H groups in total. The van der Waals surface area contributed by atoms with Gasteiger partial charge in [-0.3, -0.25) is 0 Å². The molecular weight excluding hydrogens is 364 g/mol. The van der Waals surface area contributed by atoms with Gasteiger partial charge in [0.15, 0.2) is 5.65 Å². The van der Waals surface area contributed by atoms with Gasteiger partial charge in [-0.05, 0) is 30.7 Å². The number of aliphatic hydroxyl groups is 2. The number of fused-ring (bicyclic) bond motifs is 4. The van der Waals surface area contributed by atoms with Crippen LogP contribution in [0.3, 0.4) is 0 Å². The number of aliphatic hydroxyl groups excluding tert-OH is 2. The minimum Gasteiger partial charge on any atom is -0.394 e. The first-order chi connectivity index (χ1) is 12.5. The van der Waals surface area contributed by atoms with E-state index in [0.717, 1.165) is 38.7 Å². The van der Waals surface area contributed by atoms with Gasteiger partial charge < -0.3 is 20.1 Å². The summed E-state index contributed by atoms with van der Waals surface area (Å²) in [5, 5.41) is 23.1. The maximum Gasteiger partial charge on any atom is 0.160 e. The number of nitrogens with one attached hydrogen (secondary N) is 1. The molecule has 6 nitrogen and oxygen atoms in total. The second-order valence-electron chi connectivity index (χ2n) is 7.03. The number of para-hydroxylation sites is 2. The summed E-state index contributed by atoms with van der Waals surface area (Å²) >= 11 is 0. The molecule has 7 heteroatoms. The van der Waals surface area contributed by atoms with Crippen LogP contribution in [-0.4, -0.2) is 43.5 Å². The molecule has 2 aromatic carbocycles. The Morgan fingerprint density at radius 3 is 2.37 bits per heavy atom. The highest BCUT2D eigenvalue weighted by molar-refractivity contribution is 6.06. The van der Waals surface area contributed by atoms with Crippen molar-refractivity contribution in [2.24, 2.45) is 7.05 Å². The summed E-state index contributed by atoms with van der Waals surface area (Å²) in [5.74, 6) is 0. The predicted molar refractivity (Wildman–Crippen MR) is 110 cm³/mol. The average Bonchev–Trinajstić information content (AvgIpc) is 2.96. The third kappa shape index (κ3) is 3.37. The van der Waals surface area contributed by atoms with Gasteiger partial charge in [-0.15, -0.1) is 12.4 Å². The molecule has 0 aliphatic rings. The van der Waals surface area contributed by atoms with E-state index in [2.05, 4.69) is 22.0 Å². The fourth-order valence-electron chi connectivity index (χ4n) is 3.16. The van der Waals surface area contributed by atoms with Crippen molar-refractivity contribution in [2.45, 2.75) is 19.0 Å². The molecule has 4 aromatic rings. The predicted octanol–water partition coefficient (Wildman–Crippen LogP) is 2.53. The van der Waals surface area contributed by atoms with Gasteiger partial charge in [0.25, 0.3) is 0 Å². The largest absolute Gasteiger partial charge is 0.394 e. The lowest BCUT2D eigenvalue weighted by Gasteiger charge is -2.26. The topological polar surface area (TPSA) is 83.2 Å². The van der Waals surface area contributed by atoms with Crippen LogP contribution in [0.15, 0.2) is 42.5 Å². The van der Waals surface area contributed by atoms with Crippen molar-refractivity contribution in [3.63, 3.8) is 0 Å². The molecule has 0 saturated heterocycles. The molecule has 0 aliphatic heterocycles. The van der Waals surface area contributed by atoms with Crippen LogP contribution < -0.4 is 5.32 Å². The number of hydrogen-bond acceptors (Lipinski definition) is 5. The molecule has 0 fully saturated rings. The Morgan fingerprint density at radius 2 is 1.70 bits per heavy atom. The zero-order valence-electron chi connectivity index (χ0n) is 15.3. The quantitative estimate of drug-likeness (QED) is 0.491. The van der Waals surface area contributed by atoms with E-state index in [1.807, 2.05) is 37.4 Å². The number of aryl methyl sites for hydroxylation is 1. The SMILES string of the molecule is Cl.Cn1c2cc(CNC(C)(CO)CO)ccc2c2nc3ccccc3nc21. The van der Waals surface area contributed by atoms with Crippen molar-refractivity contribution in [3.8, 4) is 0 Å². The molecular formula is C20H23ClN4O2. The van der Waals surface area contributed by atoms with Crippen molar-refractivity contribution < 1.29 is 10.2 Å². The van der Waals surface area contributed by atoms with Gasteiger partial charge in [-0.25, -0.2) is 9.97 Å². The van der Waals surface area contributed by atoms with Crippen molar-refractivity contribution >= 4 is 45.5 Å². The minimum atomic E-state index is -0.700. The molecule has 2 heterocycles. The van der Waals surface area contributed by atoms with Crippen molar-refractivity contribution in [1.29, 1.82) is 0 Å². The first-order valence-electron chi connectivity index (χ1n) is 8.65. The maximum atomic E-state index is 9.42. The molecule has 27 heavy (non-hydrogen) atoms. The Bertz CT molecular complexity index is 1110. The van der Waals surface area contributed by atoms with Crippen molar-refractivity contribution in [1.82, 2.24) is 19.9 Å². The van der Waals surface area contributed by atoms with E-state index in [9.17, 15) is 10.2 Å². The van der Waals surface area contributed by atoms with Crippen molar-refractivity contribution in [3.05, 3.63) is 48.0 Å². The van der Waals surface area contributed by atoms with E-state index in [1.165, 1.54) is 0 Å². The smallest absolute Gasteiger partial charge is 0.160 e. The van der Waals surface area contributed by atoms with E-state index >= 15 is 0 Å². The zero-order chi connectivity index (χ0) is 18.3. The first kappa shape index (κ1) is 19.5. The lowest BCUT2D eigenvalue weighted by molar-refractivity contribution is 0.103. The Balaban J connectivity index is 0.00000210. The van der Waals surface area contributed by atoms with Gasteiger partial charge in [0, 0.05) is 19.0 Å². The summed E-state index contributed by atoms with van der Waals surface area (Å²) < 4.78 is 2.06. The minimum absolute atomic E-state index is 0. The average molecular weight is 387 g/mol. The molecule has 4 rings (SSSR count). The van der Waals surface area contributed by atoms with Gasteiger partial charge >= 0.3 is 0 Å². The van der Waals surface area contributed by atoms with E-state index in [0.29, 0.717) is 6.54 Å². The standard InChI is InChI=1S/C20H22N4O2.ClH/c1-20(11-25,12-26)21-10-13-7-8-14-17(9-13)24(2)19-18(14)22-15-5-3-4-6-16(15)23-19;/h3-9,21,25-26H,10-12H2,1-2H3;1H. The normalized spacial score (nSPS) is 12.0. The van der Waals surface area contributed by atoms with Gasteiger partial charge in [0.2, 0.25) is 0 Å². The van der Waals surface area contributed by atoms with Crippen LogP contribution in [0.25, 0.3) is 33.1 Å². The number of hydrogen-bond donors (Lipinski definition) is 3. The molecule has 0 spiro atoms. The van der Waals surface area contributed by atoms with Crippen LogP contribution in [-0.2, 0) is 13.6 Å². The maximum absolute atomic E-state index is 9.42. The molecule has 0 unspecified atom stereocenters. The van der Waals surface area contributed by atoms with Gasteiger partial charge in [-0.2, -0.15) is 0 Å². The number of nitrogens with zero attached hydrogens (tertiary/aromatic N) is 3. The van der Waals surface area contributed by atoms with Crippen LogP contribution in [0.2, 0.25) is 0 Å². The van der Waals surface area contributed by atoms with Gasteiger partial charge in [-0.1, -0.05) is 24.3 Å². The Kier molecular flexibility index (Phi) is 5.35. The van der Waals surface area contributed by atoms with E-state index < -0.39 is 5.54 Å². The summed E-state index contributed by atoms with van der Waals surface area (Å²) in [6.07, 6.45) is 0. The number of aromatic nitrogens is 3. The van der Waals surface area contributed by atoms with E-state index in [4.69, 9.17) is 9.97 Å². The van der Waals surface area contributed by atoms with Gasteiger partial charge in [0.05, 0.1) is 35.3 Å². The Labute approximate surface area is 163 Å². The van der Waals surface area contributed by atoms with E-state index in [1.54, 1.807) is 6.92 Å². The lowest BCUT2D eigenvalue weighted by Crippen LogP contribution is -2.48. The first-order valence-corrected chi connectivity index (χ1v) is 8.65. The van der Waals surface area contributed by atoms with Crippen LogP contribution in [0.4, 0.5) is 0 Å².